The van der Waals surface area contributed by atoms with Gasteiger partial charge in [0.1, 0.15) is 0 Å². The molecule has 10 heavy (non-hydrogen) atoms. The van der Waals surface area contributed by atoms with Crippen molar-refractivity contribution in [3.63, 3.8) is 0 Å². The van der Waals surface area contributed by atoms with E-state index in [0.717, 1.165) is 0 Å². The molecule has 1 rings (SSSR count). The molecule has 0 fully saturated rings. The molecule has 0 bridgehead atoms. The van der Waals surface area contributed by atoms with Gasteiger partial charge in [0, 0.05) is 15.6 Å². The SMILES string of the molecule is OCc1c(Cl)cccc1Cl. The topological polar surface area (TPSA) is 20.2 Å². The lowest BCUT2D eigenvalue weighted by atomic mass is 10.2. The maximum atomic E-state index is 8.73. The summed E-state index contributed by atoms with van der Waals surface area (Å²) in [5.41, 5.74) is 0.589. The van der Waals surface area contributed by atoms with Gasteiger partial charge in [-0.3, -0.25) is 0 Å². The molecule has 1 N–H and O–H groups in total. The summed E-state index contributed by atoms with van der Waals surface area (Å²) in [7, 11) is 0. The van der Waals surface area contributed by atoms with Crippen molar-refractivity contribution in [2.75, 3.05) is 0 Å². The van der Waals surface area contributed by atoms with Crippen LogP contribution in [0.2, 0.25) is 10.0 Å². The fraction of sp³-hybridized carbons (Fsp3) is 0.143. The van der Waals surface area contributed by atoms with E-state index in [9.17, 15) is 0 Å². The van der Waals surface area contributed by atoms with Gasteiger partial charge in [0.15, 0.2) is 0 Å². The molecule has 0 heterocycles. The lowest BCUT2D eigenvalue weighted by Crippen LogP contribution is -1.84. The van der Waals surface area contributed by atoms with E-state index in [2.05, 4.69) is 0 Å². The van der Waals surface area contributed by atoms with Crippen LogP contribution in [0.5, 0.6) is 0 Å². The van der Waals surface area contributed by atoms with Gasteiger partial charge < -0.3 is 5.11 Å². The molecule has 0 unspecified atom stereocenters. The van der Waals surface area contributed by atoms with Crippen LogP contribution < -0.4 is 0 Å². The van der Waals surface area contributed by atoms with E-state index in [1.807, 2.05) is 0 Å². The highest BCUT2D eigenvalue weighted by Gasteiger charge is 2.01. The van der Waals surface area contributed by atoms with Gasteiger partial charge in [0.05, 0.1) is 6.61 Å². The molecule has 0 radical (unpaired) electrons. The van der Waals surface area contributed by atoms with Gasteiger partial charge in [0.25, 0.3) is 0 Å². The maximum absolute atomic E-state index is 8.73. The quantitative estimate of drug-likeness (QED) is 0.698. The maximum Gasteiger partial charge on any atom is 0.0711 e. The molecule has 54 valence electrons. The second-order valence-electron chi connectivity index (χ2n) is 1.86. The molecule has 1 aromatic rings. The lowest BCUT2D eigenvalue weighted by Gasteiger charge is -2.00. The average molecular weight is 177 g/mol. The van der Waals surface area contributed by atoms with Crippen LogP contribution in [0.25, 0.3) is 0 Å². The highest BCUT2D eigenvalue weighted by molar-refractivity contribution is 6.35. The summed E-state index contributed by atoms with van der Waals surface area (Å²) < 4.78 is 0. The van der Waals surface area contributed by atoms with Crippen LogP contribution in [0.1, 0.15) is 5.56 Å². The van der Waals surface area contributed by atoms with Crippen LogP contribution in [-0.4, -0.2) is 5.11 Å². The van der Waals surface area contributed by atoms with Gasteiger partial charge in [-0.15, -0.1) is 0 Å². The molecule has 1 nitrogen and oxygen atoms in total. The fourth-order valence-corrected chi connectivity index (χ4v) is 1.20. The van der Waals surface area contributed by atoms with Gasteiger partial charge in [-0.25, -0.2) is 0 Å². The molecule has 0 spiro atoms. The highest BCUT2D eigenvalue weighted by atomic mass is 35.5. The van der Waals surface area contributed by atoms with Crippen molar-refractivity contribution in [3.05, 3.63) is 33.8 Å². The number of hydrogen-bond donors (Lipinski definition) is 1. The van der Waals surface area contributed by atoms with Gasteiger partial charge in [0.2, 0.25) is 0 Å². The number of aliphatic hydroxyl groups excluding tert-OH is 1. The van der Waals surface area contributed by atoms with Gasteiger partial charge in [-0.1, -0.05) is 29.3 Å². The first-order chi connectivity index (χ1) is 4.75. The van der Waals surface area contributed by atoms with Gasteiger partial charge >= 0.3 is 0 Å². The zero-order chi connectivity index (χ0) is 7.56. The molecular weight excluding hydrogens is 171 g/mol. The minimum Gasteiger partial charge on any atom is -0.392 e. The van der Waals surface area contributed by atoms with Crippen molar-refractivity contribution >= 4 is 23.2 Å². The van der Waals surface area contributed by atoms with Crippen molar-refractivity contribution in [3.8, 4) is 0 Å². The summed E-state index contributed by atoms with van der Waals surface area (Å²) in [5, 5.41) is 9.75. The van der Waals surface area contributed by atoms with Crippen molar-refractivity contribution in [2.24, 2.45) is 0 Å². The Morgan fingerprint density at radius 2 is 1.70 bits per heavy atom. The molecule has 0 atom stereocenters. The first-order valence-corrected chi connectivity index (χ1v) is 3.55. The summed E-state index contributed by atoms with van der Waals surface area (Å²) >= 11 is 11.4. The Morgan fingerprint density at radius 3 is 2.00 bits per heavy atom. The molecule has 0 saturated heterocycles. The minimum atomic E-state index is -0.113. The zero-order valence-electron chi connectivity index (χ0n) is 5.14. The first kappa shape index (κ1) is 7.86. The first-order valence-electron chi connectivity index (χ1n) is 2.79. The second-order valence-corrected chi connectivity index (χ2v) is 2.67. The van der Waals surface area contributed by atoms with Gasteiger partial charge in [-0.2, -0.15) is 0 Å². The second kappa shape index (κ2) is 3.24. The molecule has 0 aliphatic rings. The van der Waals surface area contributed by atoms with Gasteiger partial charge in [-0.05, 0) is 12.1 Å². The molecule has 0 aliphatic heterocycles. The molecule has 0 saturated carbocycles. The Labute approximate surface area is 69.2 Å². The molecule has 0 aliphatic carbocycles. The summed E-state index contributed by atoms with van der Waals surface area (Å²) in [4.78, 5) is 0. The summed E-state index contributed by atoms with van der Waals surface area (Å²) in [6.45, 7) is -0.113. The number of rotatable bonds is 1. The largest absolute Gasteiger partial charge is 0.392 e. The smallest absolute Gasteiger partial charge is 0.0711 e. The standard InChI is InChI=1S/C7H6Cl2O/c8-6-2-1-3-7(9)5(6)4-10/h1-3,10H,4H2. The molecule has 3 heteroatoms. The number of hydrogen-bond acceptors (Lipinski definition) is 1. The van der Waals surface area contributed by atoms with E-state index < -0.39 is 0 Å². The lowest BCUT2D eigenvalue weighted by molar-refractivity contribution is 0.282. The van der Waals surface area contributed by atoms with Crippen LogP contribution in [0.15, 0.2) is 18.2 Å². The summed E-state index contributed by atoms with van der Waals surface area (Å²) in [5.74, 6) is 0. The van der Waals surface area contributed by atoms with Crippen LogP contribution in [-0.2, 0) is 6.61 Å². The van der Waals surface area contributed by atoms with E-state index in [1.54, 1.807) is 18.2 Å². The fourth-order valence-electron chi connectivity index (χ4n) is 0.683. The van der Waals surface area contributed by atoms with E-state index in [-0.39, 0.29) is 6.61 Å². The average Bonchev–Trinajstić information content (AvgIpc) is 1.88. The van der Waals surface area contributed by atoms with Crippen LogP contribution in [0.3, 0.4) is 0 Å². The number of halogens is 2. The normalized spacial score (nSPS) is 9.90. The van der Waals surface area contributed by atoms with Crippen molar-refractivity contribution in [1.29, 1.82) is 0 Å². The van der Waals surface area contributed by atoms with Crippen molar-refractivity contribution in [2.45, 2.75) is 6.61 Å². The highest BCUT2D eigenvalue weighted by Crippen LogP contribution is 2.23. The van der Waals surface area contributed by atoms with E-state index in [0.29, 0.717) is 15.6 Å². The van der Waals surface area contributed by atoms with Crippen molar-refractivity contribution < 1.29 is 5.11 Å². The molecule has 0 aromatic heterocycles. The third-order valence-electron chi connectivity index (χ3n) is 1.22. The van der Waals surface area contributed by atoms with Crippen LogP contribution in [0, 0.1) is 0 Å². The zero-order valence-corrected chi connectivity index (χ0v) is 6.65. The Kier molecular flexibility index (Phi) is 2.55. The van der Waals surface area contributed by atoms with E-state index in [1.165, 1.54) is 0 Å². The Bertz CT molecular complexity index is 215. The molecular formula is C7H6Cl2O. The molecule has 0 amide bonds. The summed E-state index contributed by atoms with van der Waals surface area (Å²) in [6.07, 6.45) is 0. The van der Waals surface area contributed by atoms with Crippen LogP contribution in [0.4, 0.5) is 0 Å². The predicted octanol–water partition coefficient (Wildman–Crippen LogP) is 2.49. The number of benzene rings is 1. The monoisotopic (exact) mass is 176 g/mol. The summed E-state index contributed by atoms with van der Waals surface area (Å²) in [6, 6.07) is 5.13. The van der Waals surface area contributed by atoms with E-state index >= 15 is 0 Å². The third kappa shape index (κ3) is 1.43. The minimum absolute atomic E-state index is 0.113. The third-order valence-corrected chi connectivity index (χ3v) is 1.93. The Hall–Kier alpha value is -0.240. The predicted molar refractivity (Wildman–Crippen MR) is 42.4 cm³/mol. The van der Waals surface area contributed by atoms with E-state index in [4.69, 9.17) is 28.3 Å². The van der Waals surface area contributed by atoms with Crippen molar-refractivity contribution in [1.82, 2.24) is 0 Å². The Morgan fingerprint density at radius 1 is 1.20 bits per heavy atom. The Balaban J connectivity index is 3.17. The number of aliphatic hydroxyl groups is 1. The van der Waals surface area contributed by atoms with Crippen LogP contribution >= 0.6 is 23.2 Å². The molecule has 1 aromatic carbocycles.